The minimum Gasteiger partial charge on any atom is -0.349 e. The number of hydrogen-bond donors (Lipinski definition) is 1. The van der Waals surface area contributed by atoms with Crippen molar-refractivity contribution in [2.75, 3.05) is 0 Å². The van der Waals surface area contributed by atoms with Gasteiger partial charge in [-0.1, -0.05) is 45.7 Å². The third kappa shape index (κ3) is 3.09. The smallest absolute Gasteiger partial charge is 0.257 e. The van der Waals surface area contributed by atoms with Crippen LogP contribution in [-0.4, -0.2) is 22.1 Å². The highest BCUT2D eigenvalue weighted by Gasteiger charge is 2.28. The van der Waals surface area contributed by atoms with Crippen LogP contribution in [0.4, 0.5) is 0 Å². The molecule has 0 aliphatic heterocycles. The Balaban J connectivity index is 1.82. The number of aromatic nitrogens is 2. The average Bonchev–Trinajstić information content (AvgIpc) is 2.95. The van der Waals surface area contributed by atoms with Gasteiger partial charge in [-0.3, -0.25) is 4.79 Å². The fourth-order valence-electron chi connectivity index (χ4n) is 3.43. The van der Waals surface area contributed by atoms with Gasteiger partial charge in [-0.15, -0.1) is 0 Å². The molecule has 124 valence electrons. The highest BCUT2D eigenvalue weighted by molar-refractivity contribution is 5.97. The van der Waals surface area contributed by atoms with Crippen LogP contribution >= 0.6 is 0 Å². The number of nitrogens with zero attached hydrogens (tertiary/aromatic N) is 2. The molecule has 1 amide bonds. The van der Waals surface area contributed by atoms with Crippen LogP contribution in [0.1, 0.15) is 68.9 Å². The van der Waals surface area contributed by atoms with Crippen molar-refractivity contribution in [3.05, 3.63) is 23.5 Å². The monoisotopic (exact) mass is 315 g/mol. The first-order chi connectivity index (χ1) is 11.0. The van der Waals surface area contributed by atoms with Crippen LogP contribution in [-0.2, 0) is 0 Å². The van der Waals surface area contributed by atoms with Crippen molar-refractivity contribution in [2.24, 2.45) is 11.8 Å². The van der Waals surface area contributed by atoms with Crippen molar-refractivity contribution in [1.29, 1.82) is 0 Å². The topological polar surface area (TPSA) is 68.0 Å². The fourth-order valence-corrected chi connectivity index (χ4v) is 3.43. The van der Waals surface area contributed by atoms with Crippen LogP contribution in [0, 0.1) is 11.8 Å². The minimum absolute atomic E-state index is 0.0544. The summed E-state index contributed by atoms with van der Waals surface area (Å²) in [6.07, 6.45) is 5.05. The van der Waals surface area contributed by atoms with E-state index in [1.165, 1.54) is 12.8 Å². The maximum Gasteiger partial charge on any atom is 0.257 e. The van der Waals surface area contributed by atoms with E-state index in [1.54, 1.807) is 6.20 Å². The molecule has 0 bridgehead atoms. The van der Waals surface area contributed by atoms with Crippen molar-refractivity contribution in [2.45, 2.75) is 58.9 Å². The maximum absolute atomic E-state index is 12.6. The average molecular weight is 315 g/mol. The van der Waals surface area contributed by atoms with Crippen molar-refractivity contribution in [1.82, 2.24) is 15.5 Å². The second-order valence-corrected chi connectivity index (χ2v) is 7.15. The molecule has 3 atom stereocenters. The molecule has 1 aliphatic rings. The first-order valence-electron chi connectivity index (χ1n) is 8.53. The van der Waals surface area contributed by atoms with Gasteiger partial charge in [-0.25, -0.2) is 4.98 Å². The quantitative estimate of drug-likeness (QED) is 0.932. The lowest BCUT2D eigenvalue weighted by Crippen LogP contribution is -2.43. The van der Waals surface area contributed by atoms with Crippen molar-refractivity contribution >= 4 is 17.0 Å². The van der Waals surface area contributed by atoms with E-state index < -0.39 is 0 Å². The summed E-state index contributed by atoms with van der Waals surface area (Å²) in [4.78, 5) is 16.9. The van der Waals surface area contributed by atoms with Gasteiger partial charge in [0.1, 0.15) is 0 Å². The Morgan fingerprint density at radius 3 is 2.87 bits per heavy atom. The SMILES string of the molecule is CC(C)c1noc2ncc(C(=O)NC3CCCC(C)C3C)cc12. The second kappa shape index (κ2) is 6.30. The fraction of sp³-hybridized carbons (Fsp3) is 0.611. The number of carbonyl (C=O) groups excluding carboxylic acids is 1. The highest BCUT2D eigenvalue weighted by Crippen LogP contribution is 2.30. The van der Waals surface area contributed by atoms with Gasteiger partial charge in [0.15, 0.2) is 0 Å². The van der Waals surface area contributed by atoms with E-state index in [0.29, 0.717) is 23.1 Å². The van der Waals surface area contributed by atoms with Gasteiger partial charge in [0.2, 0.25) is 0 Å². The summed E-state index contributed by atoms with van der Waals surface area (Å²) >= 11 is 0. The van der Waals surface area contributed by atoms with Crippen molar-refractivity contribution < 1.29 is 9.32 Å². The Hall–Kier alpha value is -1.91. The molecule has 0 saturated heterocycles. The van der Waals surface area contributed by atoms with Crippen LogP contribution < -0.4 is 5.32 Å². The lowest BCUT2D eigenvalue weighted by atomic mass is 9.78. The molecule has 2 heterocycles. The van der Waals surface area contributed by atoms with Gasteiger partial charge in [0, 0.05) is 12.2 Å². The molecule has 1 N–H and O–H groups in total. The molecule has 3 unspecified atom stereocenters. The predicted molar refractivity (Wildman–Crippen MR) is 89.3 cm³/mol. The lowest BCUT2D eigenvalue weighted by Gasteiger charge is -2.34. The van der Waals surface area contributed by atoms with E-state index in [2.05, 4.69) is 43.2 Å². The molecule has 1 saturated carbocycles. The Labute approximate surface area is 136 Å². The number of carbonyl (C=O) groups is 1. The summed E-state index contributed by atoms with van der Waals surface area (Å²) in [5.74, 6) is 1.34. The number of hydrogen-bond acceptors (Lipinski definition) is 4. The molecule has 3 rings (SSSR count). The van der Waals surface area contributed by atoms with Crippen molar-refractivity contribution in [3.8, 4) is 0 Å². The summed E-state index contributed by atoms with van der Waals surface area (Å²) in [5, 5.41) is 8.09. The lowest BCUT2D eigenvalue weighted by molar-refractivity contribution is 0.0891. The van der Waals surface area contributed by atoms with E-state index in [4.69, 9.17) is 4.52 Å². The van der Waals surface area contributed by atoms with Crippen LogP contribution in [0.25, 0.3) is 11.1 Å². The first kappa shape index (κ1) is 16.0. The predicted octanol–water partition coefficient (Wildman–Crippen LogP) is 3.90. The number of fused-ring (bicyclic) bond motifs is 1. The van der Waals surface area contributed by atoms with Gasteiger partial charge < -0.3 is 9.84 Å². The summed E-state index contributed by atoms with van der Waals surface area (Å²) in [5.41, 5.74) is 1.92. The Bertz CT molecular complexity index is 707. The van der Waals surface area contributed by atoms with Gasteiger partial charge in [-0.05, 0) is 30.2 Å². The summed E-state index contributed by atoms with van der Waals surface area (Å²) in [7, 11) is 0. The molecule has 1 aliphatic carbocycles. The third-order valence-electron chi connectivity index (χ3n) is 5.19. The molecule has 0 aromatic carbocycles. The molecule has 5 heteroatoms. The zero-order valence-corrected chi connectivity index (χ0v) is 14.3. The standard InChI is InChI=1S/C18H25N3O2/c1-10(2)16-14-8-13(9-19-18(14)23-21-16)17(22)20-15-7-5-6-11(3)12(15)4/h8-12,15H,5-7H2,1-4H3,(H,20,22). The second-order valence-electron chi connectivity index (χ2n) is 7.15. The molecule has 0 spiro atoms. The zero-order chi connectivity index (χ0) is 16.6. The minimum atomic E-state index is -0.0544. The molecule has 2 aromatic rings. The van der Waals surface area contributed by atoms with E-state index in [1.807, 2.05) is 6.07 Å². The van der Waals surface area contributed by atoms with Crippen LogP contribution in [0.5, 0.6) is 0 Å². The van der Waals surface area contributed by atoms with E-state index in [9.17, 15) is 4.79 Å². The molecule has 23 heavy (non-hydrogen) atoms. The molecule has 0 radical (unpaired) electrons. The summed E-state index contributed by atoms with van der Waals surface area (Å²) < 4.78 is 5.23. The Kier molecular flexibility index (Phi) is 4.37. The Morgan fingerprint density at radius 2 is 2.13 bits per heavy atom. The van der Waals surface area contributed by atoms with E-state index >= 15 is 0 Å². The van der Waals surface area contributed by atoms with Gasteiger partial charge >= 0.3 is 0 Å². The number of pyridine rings is 1. The van der Waals surface area contributed by atoms with E-state index in [-0.39, 0.29) is 17.9 Å². The molecule has 2 aromatic heterocycles. The van der Waals surface area contributed by atoms with Crippen LogP contribution in [0.2, 0.25) is 0 Å². The molecular weight excluding hydrogens is 290 g/mol. The third-order valence-corrected chi connectivity index (χ3v) is 5.19. The molecule has 5 nitrogen and oxygen atoms in total. The number of amides is 1. The van der Waals surface area contributed by atoms with Crippen LogP contribution in [0.15, 0.2) is 16.8 Å². The highest BCUT2D eigenvalue weighted by atomic mass is 16.5. The molecule has 1 fully saturated rings. The normalized spacial score (nSPS) is 25.0. The van der Waals surface area contributed by atoms with Gasteiger partial charge in [0.25, 0.3) is 11.6 Å². The first-order valence-corrected chi connectivity index (χ1v) is 8.53. The summed E-state index contributed by atoms with van der Waals surface area (Å²) in [6.45, 7) is 8.60. The number of nitrogens with one attached hydrogen (secondary N) is 1. The summed E-state index contributed by atoms with van der Waals surface area (Å²) in [6, 6.07) is 2.09. The van der Waals surface area contributed by atoms with Gasteiger partial charge in [0.05, 0.1) is 16.6 Å². The zero-order valence-electron chi connectivity index (χ0n) is 14.3. The van der Waals surface area contributed by atoms with E-state index in [0.717, 1.165) is 17.5 Å². The number of rotatable bonds is 3. The van der Waals surface area contributed by atoms with Gasteiger partial charge in [-0.2, -0.15) is 0 Å². The largest absolute Gasteiger partial charge is 0.349 e. The molecular formula is C18H25N3O2. The van der Waals surface area contributed by atoms with Crippen LogP contribution in [0.3, 0.4) is 0 Å². The Morgan fingerprint density at radius 1 is 1.35 bits per heavy atom. The van der Waals surface area contributed by atoms with Crippen molar-refractivity contribution in [3.63, 3.8) is 0 Å². The maximum atomic E-state index is 12.6.